The summed E-state index contributed by atoms with van der Waals surface area (Å²) in [7, 11) is -3.68. The number of para-hydroxylation sites is 1. The molecule has 2 rings (SSSR count). The maximum Gasteiger partial charge on any atom is 0.252 e. The number of nitrogens with one attached hydrogen (secondary N) is 2. The van der Waals surface area contributed by atoms with E-state index in [2.05, 4.69) is 26.8 Å². The number of hydrogen-bond acceptors (Lipinski definition) is 5. The van der Waals surface area contributed by atoms with E-state index in [9.17, 15) is 13.2 Å². The standard InChI is InChI=1S/C16H18N4O4S/c1-11-15(12(2)20-19-11)25(22,23)18-9-5-6-10-24-14-8-4-3-7-13(14)16(17)21/h3-4,7-8,18H,9-10H2,1-2H3,(H2,17,21)(H,19,20). The molecule has 0 bridgehead atoms. The van der Waals surface area contributed by atoms with Crippen LogP contribution in [0.4, 0.5) is 0 Å². The fourth-order valence-corrected chi connectivity index (χ4v) is 3.45. The van der Waals surface area contributed by atoms with Crippen molar-refractivity contribution in [1.82, 2.24) is 14.9 Å². The van der Waals surface area contributed by atoms with Gasteiger partial charge in [0.2, 0.25) is 10.0 Å². The summed E-state index contributed by atoms with van der Waals surface area (Å²) in [4.78, 5) is 11.4. The molecule has 1 aromatic carbocycles. The Bertz CT molecular complexity index is 919. The summed E-state index contributed by atoms with van der Waals surface area (Å²) in [6, 6.07) is 6.54. The number of benzene rings is 1. The summed E-state index contributed by atoms with van der Waals surface area (Å²) in [6.07, 6.45) is 0. The zero-order valence-electron chi connectivity index (χ0n) is 13.8. The Balaban J connectivity index is 1.91. The van der Waals surface area contributed by atoms with Crippen molar-refractivity contribution in [3.63, 3.8) is 0 Å². The van der Waals surface area contributed by atoms with Crippen LogP contribution >= 0.6 is 0 Å². The van der Waals surface area contributed by atoms with E-state index < -0.39 is 15.9 Å². The minimum absolute atomic E-state index is 0.00418. The lowest BCUT2D eigenvalue weighted by molar-refractivity contribution is 0.0997. The van der Waals surface area contributed by atoms with Crippen molar-refractivity contribution in [2.45, 2.75) is 18.7 Å². The first-order chi connectivity index (χ1) is 11.8. The molecule has 0 aliphatic rings. The van der Waals surface area contributed by atoms with Crippen molar-refractivity contribution in [2.24, 2.45) is 5.73 Å². The highest BCUT2D eigenvalue weighted by atomic mass is 32.2. The highest BCUT2D eigenvalue weighted by molar-refractivity contribution is 7.89. The first-order valence-electron chi connectivity index (χ1n) is 7.31. The second-order valence-electron chi connectivity index (χ2n) is 5.09. The van der Waals surface area contributed by atoms with Gasteiger partial charge in [0, 0.05) is 0 Å². The van der Waals surface area contributed by atoms with Crippen LogP contribution in [-0.4, -0.2) is 37.7 Å². The molecule has 9 heteroatoms. The van der Waals surface area contributed by atoms with Gasteiger partial charge in [0.1, 0.15) is 17.3 Å². The molecule has 0 aliphatic heterocycles. The van der Waals surface area contributed by atoms with E-state index in [1.807, 2.05) is 0 Å². The Morgan fingerprint density at radius 2 is 2.04 bits per heavy atom. The van der Waals surface area contributed by atoms with Crippen LogP contribution in [-0.2, 0) is 10.0 Å². The molecule has 0 unspecified atom stereocenters. The van der Waals surface area contributed by atoms with Gasteiger partial charge < -0.3 is 10.5 Å². The van der Waals surface area contributed by atoms with Crippen molar-refractivity contribution < 1.29 is 17.9 Å². The highest BCUT2D eigenvalue weighted by Crippen LogP contribution is 2.17. The van der Waals surface area contributed by atoms with Crippen molar-refractivity contribution in [1.29, 1.82) is 0 Å². The van der Waals surface area contributed by atoms with Crippen LogP contribution in [0.2, 0.25) is 0 Å². The SMILES string of the molecule is Cc1n[nH]c(C)c1S(=O)(=O)NCC#CCOc1ccccc1C(N)=O. The fourth-order valence-electron chi connectivity index (χ4n) is 2.16. The molecule has 8 nitrogen and oxygen atoms in total. The molecule has 1 amide bonds. The first-order valence-corrected chi connectivity index (χ1v) is 8.80. The number of aromatic amines is 1. The van der Waals surface area contributed by atoms with Gasteiger partial charge in [-0.3, -0.25) is 9.89 Å². The number of nitrogens with zero attached hydrogens (tertiary/aromatic N) is 1. The average molecular weight is 362 g/mol. The number of sulfonamides is 1. The number of primary amides is 1. The van der Waals surface area contributed by atoms with Gasteiger partial charge in [-0.05, 0) is 26.0 Å². The number of aryl methyl sites for hydroxylation is 2. The Morgan fingerprint density at radius 1 is 1.32 bits per heavy atom. The molecular weight excluding hydrogens is 344 g/mol. The van der Waals surface area contributed by atoms with Crippen molar-refractivity contribution >= 4 is 15.9 Å². The van der Waals surface area contributed by atoms with Gasteiger partial charge in [0.05, 0.1) is 23.5 Å². The van der Waals surface area contributed by atoms with Gasteiger partial charge in [-0.25, -0.2) is 8.42 Å². The fraction of sp³-hybridized carbons (Fsp3) is 0.250. The van der Waals surface area contributed by atoms with Gasteiger partial charge in [0.15, 0.2) is 0 Å². The molecule has 1 heterocycles. The molecule has 0 aliphatic carbocycles. The molecule has 0 saturated heterocycles. The van der Waals surface area contributed by atoms with Crippen molar-refractivity contribution in [3.8, 4) is 17.6 Å². The van der Waals surface area contributed by atoms with Gasteiger partial charge in [0.25, 0.3) is 5.91 Å². The molecule has 0 radical (unpaired) electrons. The zero-order valence-corrected chi connectivity index (χ0v) is 14.6. The Labute approximate surface area is 145 Å². The topological polar surface area (TPSA) is 127 Å². The van der Waals surface area contributed by atoms with E-state index in [-0.39, 0.29) is 23.6 Å². The molecule has 132 valence electrons. The highest BCUT2D eigenvalue weighted by Gasteiger charge is 2.21. The number of aromatic nitrogens is 2. The number of H-pyrrole nitrogens is 1. The van der Waals surface area contributed by atoms with Crippen LogP contribution in [0.25, 0.3) is 0 Å². The van der Waals surface area contributed by atoms with Crippen molar-refractivity contribution in [2.75, 3.05) is 13.2 Å². The number of ether oxygens (including phenoxy) is 1. The largest absolute Gasteiger partial charge is 0.480 e. The second kappa shape index (κ2) is 7.83. The van der Waals surface area contributed by atoms with Crippen LogP contribution in [0, 0.1) is 25.7 Å². The van der Waals surface area contributed by atoms with Gasteiger partial charge in [-0.1, -0.05) is 24.0 Å². The molecule has 1 aromatic heterocycles. The van der Waals surface area contributed by atoms with Crippen LogP contribution in [0.3, 0.4) is 0 Å². The molecule has 2 aromatic rings. The lowest BCUT2D eigenvalue weighted by Crippen LogP contribution is -2.25. The number of rotatable bonds is 6. The summed E-state index contributed by atoms with van der Waals surface area (Å²) in [5.74, 6) is 5.05. The lowest BCUT2D eigenvalue weighted by atomic mass is 10.2. The molecule has 0 fully saturated rings. The minimum atomic E-state index is -3.68. The van der Waals surface area contributed by atoms with Gasteiger partial charge in [-0.15, -0.1) is 0 Å². The Hall–Kier alpha value is -2.83. The van der Waals surface area contributed by atoms with E-state index >= 15 is 0 Å². The van der Waals surface area contributed by atoms with Crippen LogP contribution in [0.15, 0.2) is 29.2 Å². The lowest BCUT2D eigenvalue weighted by Gasteiger charge is -2.06. The van der Waals surface area contributed by atoms with Crippen molar-refractivity contribution in [3.05, 3.63) is 41.2 Å². The number of carbonyl (C=O) groups is 1. The van der Waals surface area contributed by atoms with E-state index in [0.29, 0.717) is 17.1 Å². The maximum absolute atomic E-state index is 12.2. The van der Waals surface area contributed by atoms with E-state index in [0.717, 1.165) is 0 Å². The summed E-state index contributed by atoms with van der Waals surface area (Å²) in [6.45, 7) is 3.15. The normalized spacial score (nSPS) is 10.8. The molecule has 4 N–H and O–H groups in total. The summed E-state index contributed by atoms with van der Waals surface area (Å²) < 4.78 is 32.1. The summed E-state index contributed by atoms with van der Waals surface area (Å²) in [5, 5.41) is 6.48. The maximum atomic E-state index is 12.2. The molecule has 0 atom stereocenters. The third-order valence-electron chi connectivity index (χ3n) is 3.26. The van der Waals surface area contributed by atoms with Gasteiger partial charge >= 0.3 is 0 Å². The quantitative estimate of drug-likeness (QED) is 0.644. The molecule has 0 saturated carbocycles. The Kier molecular flexibility index (Phi) is 5.80. The van der Waals surface area contributed by atoms with Gasteiger partial charge in [-0.2, -0.15) is 9.82 Å². The van der Waals surface area contributed by atoms with E-state index in [1.54, 1.807) is 38.1 Å². The van der Waals surface area contributed by atoms with E-state index in [4.69, 9.17) is 10.5 Å². The van der Waals surface area contributed by atoms with Crippen LogP contribution in [0.5, 0.6) is 5.75 Å². The predicted octanol–water partition coefficient (Wildman–Crippen LogP) is 0.486. The minimum Gasteiger partial charge on any atom is -0.480 e. The molecule has 25 heavy (non-hydrogen) atoms. The third kappa shape index (κ3) is 4.59. The number of amides is 1. The zero-order chi connectivity index (χ0) is 18.4. The van der Waals surface area contributed by atoms with E-state index in [1.165, 1.54) is 0 Å². The smallest absolute Gasteiger partial charge is 0.252 e. The summed E-state index contributed by atoms with van der Waals surface area (Å²) >= 11 is 0. The average Bonchev–Trinajstić information content (AvgIpc) is 2.90. The molecule has 0 spiro atoms. The van der Waals surface area contributed by atoms with Crippen LogP contribution in [0.1, 0.15) is 21.7 Å². The number of carbonyl (C=O) groups excluding carboxylic acids is 1. The van der Waals surface area contributed by atoms with Crippen LogP contribution < -0.4 is 15.2 Å². The predicted molar refractivity (Wildman–Crippen MR) is 91.5 cm³/mol. The first kappa shape index (κ1) is 18.5. The number of nitrogens with two attached hydrogens (primary N) is 1. The molecular formula is C16H18N4O4S. The Morgan fingerprint density at radius 3 is 2.68 bits per heavy atom. The monoisotopic (exact) mass is 362 g/mol. The number of hydrogen-bond donors (Lipinski definition) is 3. The second-order valence-corrected chi connectivity index (χ2v) is 6.79. The summed E-state index contributed by atoms with van der Waals surface area (Å²) in [5.41, 5.74) is 6.36. The third-order valence-corrected chi connectivity index (χ3v) is 4.92.